The van der Waals surface area contributed by atoms with Crippen LogP contribution < -0.4 is 4.74 Å². The monoisotopic (exact) mass is 326 g/mol. The fourth-order valence-electron chi connectivity index (χ4n) is 2.02. The summed E-state index contributed by atoms with van der Waals surface area (Å²) in [4.78, 5) is 4.29. The smallest absolute Gasteiger partial charge is 0.208 e. The molecule has 0 aliphatic heterocycles. The molecule has 1 aromatic heterocycles. The van der Waals surface area contributed by atoms with E-state index in [9.17, 15) is 0 Å². The molecule has 0 saturated heterocycles. The highest BCUT2D eigenvalue weighted by Gasteiger charge is 2.13. The summed E-state index contributed by atoms with van der Waals surface area (Å²) in [6.45, 7) is 0. The van der Waals surface area contributed by atoms with Crippen LogP contribution in [0.15, 0.2) is 36.4 Å². The van der Waals surface area contributed by atoms with Crippen LogP contribution in [0.25, 0.3) is 16.7 Å². The second-order valence-electron chi connectivity index (χ2n) is 4.17. The highest BCUT2D eigenvalue weighted by molar-refractivity contribution is 6.42. The fourth-order valence-corrected chi connectivity index (χ4v) is 2.62. The Morgan fingerprint density at radius 1 is 1.00 bits per heavy atom. The number of ether oxygens (including phenoxy) is 1. The van der Waals surface area contributed by atoms with Gasteiger partial charge in [0.25, 0.3) is 0 Å². The Morgan fingerprint density at radius 2 is 1.65 bits per heavy atom. The zero-order chi connectivity index (χ0) is 14.3. The normalized spacial score (nSPS) is 11.0. The van der Waals surface area contributed by atoms with Crippen LogP contribution in [0.2, 0.25) is 15.3 Å². The third-order valence-electron chi connectivity index (χ3n) is 2.99. The molecule has 0 aliphatic rings. The summed E-state index contributed by atoms with van der Waals surface area (Å²) >= 11 is 18.3. The number of hydrogen-bond donors (Lipinski definition) is 0. The SMILES string of the molecule is COc1ccc(-n2c(Cl)nc3cc(Cl)c(Cl)cc32)cc1. The van der Waals surface area contributed by atoms with E-state index in [0.717, 1.165) is 17.0 Å². The van der Waals surface area contributed by atoms with Gasteiger partial charge in [0.15, 0.2) is 0 Å². The van der Waals surface area contributed by atoms with Gasteiger partial charge in [0.2, 0.25) is 5.28 Å². The van der Waals surface area contributed by atoms with Gasteiger partial charge < -0.3 is 4.74 Å². The standard InChI is InChI=1S/C14H9Cl3N2O/c1-20-9-4-2-8(3-5-9)19-13-7-11(16)10(15)6-12(13)18-14(19)17/h2-7H,1H3. The lowest BCUT2D eigenvalue weighted by Gasteiger charge is -2.07. The number of halogens is 3. The van der Waals surface area contributed by atoms with E-state index in [4.69, 9.17) is 39.5 Å². The number of imidazole rings is 1. The van der Waals surface area contributed by atoms with Gasteiger partial charge in [-0.2, -0.15) is 0 Å². The van der Waals surface area contributed by atoms with Crippen molar-refractivity contribution in [1.29, 1.82) is 0 Å². The predicted octanol–water partition coefficient (Wildman–Crippen LogP) is 4.99. The second kappa shape index (κ2) is 5.17. The largest absolute Gasteiger partial charge is 0.497 e. The van der Waals surface area contributed by atoms with E-state index in [0.29, 0.717) is 20.8 Å². The molecule has 0 bridgehead atoms. The van der Waals surface area contributed by atoms with Crippen molar-refractivity contribution >= 4 is 45.8 Å². The third-order valence-corrected chi connectivity index (χ3v) is 3.96. The summed E-state index contributed by atoms with van der Waals surface area (Å²) in [6.07, 6.45) is 0. The first-order chi connectivity index (χ1) is 9.60. The first kappa shape index (κ1) is 13.6. The van der Waals surface area contributed by atoms with Crippen molar-refractivity contribution < 1.29 is 4.74 Å². The molecule has 1 heterocycles. The summed E-state index contributed by atoms with van der Waals surface area (Å²) in [5, 5.41) is 1.27. The number of nitrogens with zero attached hydrogens (tertiary/aromatic N) is 2. The van der Waals surface area contributed by atoms with Gasteiger partial charge in [-0.1, -0.05) is 23.2 Å². The summed E-state index contributed by atoms with van der Waals surface area (Å²) in [5.41, 5.74) is 2.37. The number of benzene rings is 2. The molecule has 2 aromatic carbocycles. The van der Waals surface area contributed by atoms with Gasteiger partial charge in [-0.15, -0.1) is 0 Å². The van der Waals surface area contributed by atoms with Crippen LogP contribution in [0.4, 0.5) is 0 Å². The van der Waals surface area contributed by atoms with Gasteiger partial charge in [0, 0.05) is 5.69 Å². The second-order valence-corrected chi connectivity index (χ2v) is 5.32. The first-order valence-electron chi connectivity index (χ1n) is 5.77. The van der Waals surface area contributed by atoms with Crippen LogP contribution in [-0.4, -0.2) is 16.7 Å². The molecule has 0 saturated carbocycles. The molecule has 3 rings (SSSR count). The van der Waals surface area contributed by atoms with Crippen molar-refractivity contribution in [2.24, 2.45) is 0 Å². The lowest BCUT2D eigenvalue weighted by molar-refractivity contribution is 0.415. The van der Waals surface area contributed by atoms with Crippen molar-refractivity contribution in [2.75, 3.05) is 7.11 Å². The van der Waals surface area contributed by atoms with Crippen LogP contribution in [-0.2, 0) is 0 Å². The third kappa shape index (κ3) is 2.22. The van der Waals surface area contributed by atoms with Crippen LogP contribution >= 0.6 is 34.8 Å². The highest BCUT2D eigenvalue weighted by atomic mass is 35.5. The van der Waals surface area contributed by atoms with Crippen LogP contribution in [0, 0.1) is 0 Å². The molecule has 20 heavy (non-hydrogen) atoms. The molecule has 102 valence electrons. The van der Waals surface area contributed by atoms with Crippen LogP contribution in [0.5, 0.6) is 5.75 Å². The van der Waals surface area contributed by atoms with Gasteiger partial charge in [-0.05, 0) is 48.0 Å². The average Bonchev–Trinajstić information content (AvgIpc) is 2.75. The van der Waals surface area contributed by atoms with Crippen molar-refractivity contribution in [3.8, 4) is 11.4 Å². The summed E-state index contributed by atoms with van der Waals surface area (Å²) in [7, 11) is 1.62. The van der Waals surface area contributed by atoms with Gasteiger partial charge in [0.1, 0.15) is 5.75 Å². The minimum Gasteiger partial charge on any atom is -0.497 e. The Kier molecular flexibility index (Phi) is 3.50. The maximum atomic E-state index is 6.21. The molecule has 3 aromatic rings. The maximum Gasteiger partial charge on any atom is 0.208 e. The minimum absolute atomic E-state index is 0.350. The maximum absolute atomic E-state index is 6.21. The van der Waals surface area contributed by atoms with Gasteiger partial charge in [-0.25, -0.2) is 4.98 Å². The van der Waals surface area contributed by atoms with E-state index in [2.05, 4.69) is 4.98 Å². The van der Waals surface area contributed by atoms with Gasteiger partial charge in [0.05, 0.1) is 28.2 Å². The lowest BCUT2D eigenvalue weighted by Crippen LogP contribution is -1.94. The fraction of sp³-hybridized carbons (Fsp3) is 0.0714. The number of aromatic nitrogens is 2. The van der Waals surface area contributed by atoms with E-state index in [1.54, 1.807) is 23.8 Å². The summed E-state index contributed by atoms with van der Waals surface area (Å²) in [6, 6.07) is 11.0. The molecule has 0 N–H and O–H groups in total. The molecule has 3 nitrogen and oxygen atoms in total. The molecular weight excluding hydrogens is 319 g/mol. The zero-order valence-electron chi connectivity index (χ0n) is 10.4. The zero-order valence-corrected chi connectivity index (χ0v) is 12.7. The van der Waals surface area contributed by atoms with E-state index in [1.165, 1.54) is 0 Å². The molecule has 0 radical (unpaired) electrons. The minimum atomic E-state index is 0.350. The van der Waals surface area contributed by atoms with Crippen molar-refractivity contribution in [3.05, 3.63) is 51.7 Å². The molecule has 0 atom stereocenters. The molecule has 0 spiro atoms. The molecule has 0 unspecified atom stereocenters. The molecule has 0 aliphatic carbocycles. The van der Waals surface area contributed by atoms with Crippen molar-refractivity contribution in [1.82, 2.24) is 9.55 Å². The van der Waals surface area contributed by atoms with Gasteiger partial charge >= 0.3 is 0 Å². The van der Waals surface area contributed by atoms with Crippen molar-refractivity contribution in [2.45, 2.75) is 0 Å². The Morgan fingerprint density at radius 3 is 2.30 bits per heavy atom. The van der Waals surface area contributed by atoms with Crippen LogP contribution in [0.1, 0.15) is 0 Å². The molecule has 0 amide bonds. The molecule has 6 heteroatoms. The average molecular weight is 328 g/mol. The predicted molar refractivity (Wildman–Crippen MR) is 82.7 cm³/mol. The van der Waals surface area contributed by atoms with Gasteiger partial charge in [-0.3, -0.25) is 4.57 Å². The van der Waals surface area contributed by atoms with E-state index in [-0.39, 0.29) is 0 Å². The lowest BCUT2D eigenvalue weighted by atomic mass is 10.2. The summed E-state index contributed by atoms with van der Waals surface area (Å²) in [5.74, 6) is 0.773. The Bertz CT molecular complexity index is 781. The topological polar surface area (TPSA) is 27.1 Å². The Balaban J connectivity index is 2.23. The number of fused-ring (bicyclic) bond motifs is 1. The molecular formula is C14H9Cl3N2O. The molecule has 0 fully saturated rings. The van der Waals surface area contributed by atoms with E-state index >= 15 is 0 Å². The number of hydrogen-bond acceptors (Lipinski definition) is 2. The van der Waals surface area contributed by atoms with Crippen LogP contribution in [0.3, 0.4) is 0 Å². The number of methoxy groups -OCH3 is 1. The van der Waals surface area contributed by atoms with E-state index < -0.39 is 0 Å². The number of rotatable bonds is 2. The quantitative estimate of drug-likeness (QED) is 0.662. The Labute approximate surface area is 130 Å². The summed E-state index contributed by atoms with van der Waals surface area (Å²) < 4.78 is 6.95. The van der Waals surface area contributed by atoms with E-state index in [1.807, 2.05) is 24.3 Å². The Hall–Kier alpha value is -1.42. The first-order valence-corrected chi connectivity index (χ1v) is 6.91. The van der Waals surface area contributed by atoms with Crippen molar-refractivity contribution in [3.63, 3.8) is 0 Å². The highest BCUT2D eigenvalue weighted by Crippen LogP contribution is 2.31.